The molecule has 2 heterocycles. The van der Waals surface area contributed by atoms with Crippen LogP contribution in [-0.4, -0.2) is 33.4 Å². The summed E-state index contributed by atoms with van der Waals surface area (Å²) in [6, 6.07) is 19.2. The molecule has 0 unspecified atom stereocenters. The first kappa shape index (κ1) is 28.1. The predicted molar refractivity (Wildman–Crippen MR) is 169 cm³/mol. The quantitative estimate of drug-likeness (QED) is 0.0848. The number of nitrogens with zero attached hydrogens (tertiary/aromatic N) is 2. The van der Waals surface area contributed by atoms with Crippen LogP contribution in [0, 0.1) is 23.3 Å². The lowest BCUT2D eigenvalue weighted by atomic mass is 9.82. The fourth-order valence-corrected chi connectivity index (χ4v) is 7.42. The van der Waals surface area contributed by atoms with Gasteiger partial charge >= 0.3 is 0 Å². The van der Waals surface area contributed by atoms with Crippen molar-refractivity contribution < 1.29 is 36.7 Å². The number of rotatable bonds is 4. The smallest absolute Gasteiger partial charge is 0.261 e. The molecule has 0 aromatic heterocycles. The van der Waals surface area contributed by atoms with Crippen molar-refractivity contribution in [1.29, 1.82) is 0 Å². The Bertz CT molecular complexity index is 2330. The van der Waals surface area contributed by atoms with Crippen LogP contribution >= 0.6 is 0 Å². The zero-order chi connectivity index (χ0) is 33.2. The second-order valence-corrected chi connectivity index (χ2v) is 12.1. The number of carbonyl (C=O) groups excluding carboxylic acids is 4. The van der Waals surface area contributed by atoms with E-state index in [1.807, 2.05) is 0 Å². The van der Waals surface area contributed by atoms with E-state index in [0.717, 1.165) is 34.1 Å². The van der Waals surface area contributed by atoms with E-state index >= 15 is 0 Å². The van der Waals surface area contributed by atoms with Gasteiger partial charge in [0.05, 0.1) is 13.1 Å². The number of hydrogen-bond donors (Lipinski definition) is 0. The van der Waals surface area contributed by atoms with E-state index in [0.29, 0.717) is 55.2 Å². The van der Waals surface area contributed by atoms with E-state index < -0.39 is 46.9 Å². The van der Waals surface area contributed by atoms with Gasteiger partial charge in [-0.3, -0.25) is 29.0 Å². The summed E-state index contributed by atoms with van der Waals surface area (Å²) in [6.45, 7) is -0.643. The van der Waals surface area contributed by atoms with Crippen LogP contribution in [0.3, 0.4) is 0 Å². The summed E-state index contributed by atoms with van der Waals surface area (Å²) in [5.41, 5.74) is 1.28. The Morgan fingerprint density at radius 2 is 0.646 bits per heavy atom. The van der Waals surface area contributed by atoms with E-state index in [2.05, 4.69) is 0 Å². The molecule has 9 rings (SSSR count). The molecule has 7 aromatic carbocycles. The summed E-state index contributed by atoms with van der Waals surface area (Å²) >= 11 is 0. The Morgan fingerprint density at radius 1 is 0.375 bits per heavy atom. The summed E-state index contributed by atoms with van der Waals surface area (Å²) < 4.78 is 55.6. The number of imide groups is 2. The van der Waals surface area contributed by atoms with Crippen LogP contribution in [0.15, 0.2) is 84.9 Å². The van der Waals surface area contributed by atoms with Gasteiger partial charge in [-0.05, 0) is 92.0 Å². The zero-order valence-electron chi connectivity index (χ0n) is 24.5. The molecule has 2 aliphatic rings. The van der Waals surface area contributed by atoms with Crippen LogP contribution in [0.2, 0.25) is 0 Å². The topological polar surface area (TPSA) is 74.8 Å². The average molecular weight is 643 g/mol. The fraction of sp³-hybridized carbons (Fsp3) is 0.0526. The lowest BCUT2D eigenvalue weighted by Crippen LogP contribution is -2.40. The van der Waals surface area contributed by atoms with Crippen LogP contribution in [0.4, 0.5) is 17.6 Å². The van der Waals surface area contributed by atoms with Crippen molar-refractivity contribution in [3.63, 3.8) is 0 Å². The summed E-state index contributed by atoms with van der Waals surface area (Å²) in [6.07, 6.45) is 0. The molecule has 10 heteroatoms. The fourth-order valence-electron chi connectivity index (χ4n) is 7.42. The molecule has 0 saturated carbocycles. The summed E-state index contributed by atoms with van der Waals surface area (Å²) in [5.74, 6) is -5.71. The third kappa shape index (κ3) is 3.80. The van der Waals surface area contributed by atoms with Crippen molar-refractivity contribution in [3.8, 4) is 0 Å². The molecule has 7 aromatic rings. The number of benzene rings is 7. The lowest BCUT2D eigenvalue weighted by molar-refractivity contribution is 0.0583. The third-order valence-corrected chi connectivity index (χ3v) is 9.33. The van der Waals surface area contributed by atoms with Gasteiger partial charge in [0.25, 0.3) is 23.6 Å². The van der Waals surface area contributed by atoms with E-state index in [1.54, 1.807) is 48.5 Å². The highest BCUT2D eigenvalue weighted by molar-refractivity contribution is 6.41. The maximum absolute atomic E-state index is 13.9. The van der Waals surface area contributed by atoms with Gasteiger partial charge in [0.2, 0.25) is 0 Å². The molecule has 0 fully saturated rings. The lowest BCUT2D eigenvalue weighted by Gasteiger charge is -2.30. The number of hydrogen-bond acceptors (Lipinski definition) is 4. The average Bonchev–Trinajstić information content (AvgIpc) is 3.04. The van der Waals surface area contributed by atoms with Gasteiger partial charge in [-0.25, -0.2) is 17.6 Å². The monoisotopic (exact) mass is 642 g/mol. The molecular weight excluding hydrogens is 624 g/mol. The van der Waals surface area contributed by atoms with Crippen molar-refractivity contribution >= 4 is 66.7 Å². The predicted octanol–water partition coefficient (Wildman–Crippen LogP) is 7.89. The van der Waals surface area contributed by atoms with Gasteiger partial charge in [0, 0.05) is 45.2 Å². The minimum Gasteiger partial charge on any atom is -0.270 e. The molecule has 0 atom stereocenters. The molecule has 0 bridgehead atoms. The van der Waals surface area contributed by atoms with E-state index in [-0.39, 0.29) is 46.5 Å². The number of halogens is 4. The first-order valence-electron chi connectivity index (χ1n) is 14.9. The molecular formula is C38H18F4N2O4. The molecule has 0 N–H and O–H groups in total. The van der Waals surface area contributed by atoms with Crippen LogP contribution in [0.25, 0.3) is 43.1 Å². The Morgan fingerprint density at radius 3 is 0.917 bits per heavy atom. The van der Waals surface area contributed by atoms with Crippen LogP contribution in [0.1, 0.15) is 52.6 Å². The summed E-state index contributed by atoms with van der Waals surface area (Å²) in [7, 11) is 0. The van der Waals surface area contributed by atoms with Crippen molar-refractivity contribution in [2.75, 3.05) is 0 Å². The maximum atomic E-state index is 13.9. The Balaban J connectivity index is 1.21. The van der Waals surface area contributed by atoms with E-state index in [9.17, 15) is 36.7 Å². The highest BCUT2D eigenvalue weighted by Gasteiger charge is 2.37. The molecule has 6 nitrogen and oxygen atoms in total. The molecule has 4 amide bonds. The Hall–Kier alpha value is -6.16. The van der Waals surface area contributed by atoms with Gasteiger partial charge in [-0.15, -0.1) is 0 Å². The van der Waals surface area contributed by atoms with E-state index in [1.165, 1.54) is 0 Å². The molecule has 232 valence electrons. The molecule has 0 radical (unpaired) electrons. The number of carbonyl (C=O) groups is 4. The van der Waals surface area contributed by atoms with Crippen molar-refractivity contribution in [2.45, 2.75) is 13.1 Å². The first-order valence-corrected chi connectivity index (χ1v) is 14.9. The molecule has 0 aliphatic carbocycles. The number of amides is 4. The summed E-state index contributed by atoms with van der Waals surface area (Å²) in [4.78, 5) is 57.0. The normalized spacial score (nSPS) is 14.5. The minimum absolute atomic E-state index is 0.127. The minimum atomic E-state index is -0.822. The van der Waals surface area contributed by atoms with Gasteiger partial charge in [0.15, 0.2) is 0 Å². The second kappa shape index (κ2) is 9.68. The third-order valence-electron chi connectivity index (χ3n) is 9.33. The van der Waals surface area contributed by atoms with Crippen molar-refractivity contribution in [3.05, 3.63) is 142 Å². The highest BCUT2D eigenvalue weighted by atomic mass is 19.1. The standard InChI is InChI=1S/C38H18F4N2O4/c39-19-9-17(10-20(40)13-19)15-43-35(45)27-5-1-23-24-2-6-29-34-30(38(48)44(37(29)47)16-18-11-21(41)14-22(42)12-18)8-4-26(32(24)34)25-3-7-28(36(43)46)33(27)31(23)25/h1-14H,15-16H2. The number of fused-ring (bicyclic) bond motifs is 2. The van der Waals surface area contributed by atoms with Gasteiger partial charge < -0.3 is 0 Å². The molecule has 0 spiro atoms. The maximum Gasteiger partial charge on any atom is 0.261 e. The van der Waals surface area contributed by atoms with Gasteiger partial charge in [-0.2, -0.15) is 0 Å². The SMILES string of the molecule is O=C1c2ccc3c4ccc5c6c(ccc(c7ccc(c2c37)C(=O)N1Cc1cc(F)cc(F)c1)c64)C(=O)N(Cc1cc(F)cc(F)c1)C5=O. The molecule has 2 aliphatic heterocycles. The van der Waals surface area contributed by atoms with Gasteiger partial charge in [-0.1, -0.05) is 24.3 Å². The first-order chi connectivity index (χ1) is 23.1. The van der Waals surface area contributed by atoms with Crippen molar-refractivity contribution in [1.82, 2.24) is 9.80 Å². The molecule has 0 saturated heterocycles. The van der Waals surface area contributed by atoms with Crippen molar-refractivity contribution in [2.24, 2.45) is 0 Å². The highest BCUT2D eigenvalue weighted by Crippen LogP contribution is 2.46. The Kier molecular flexibility index (Phi) is 5.66. The van der Waals surface area contributed by atoms with Crippen LogP contribution < -0.4 is 0 Å². The van der Waals surface area contributed by atoms with E-state index in [4.69, 9.17) is 0 Å². The summed E-state index contributed by atoms with van der Waals surface area (Å²) in [5, 5.41) is 4.98. The van der Waals surface area contributed by atoms with Crippen LogP contribution in [-0.2, 0) is 13.1 Å². The Labute approximate surface area is 267 Å². The molecule has 48 heavy (non-hydrogen) atoms. The largest absolute Gasteiger partial charge is 0.270 e. The van der Waals surface area contributed by atoms with Crippen LogP contribution in [0.5, 0.6) is 0 Å². The van der Waals surface area contributed by atoms with Gasteiger partial charge in [0.1, 0.15) is 23.3 Å². The zero-order valence-corrected chi connectivity index (χ0v) is 24.5. The second-order valence-electron chi connectivity index (χ2n) is 12.1.